The number of hydrogen-bond donors (Lipinski definition) is 3. The van der Waals surface area contributed by atoms with Gasteiger partial charge in [-0.1, -0.05) is 41.9 Å². The summed E-state index contributed by atoms with van der Waals surface area (Å²) in [5.74, 6) is -1.78. The smallest absolute Gasteiger partial charge is 0.258 e. The molecule has 5 nitrogen and oxygen atoms in total. The summed E-state index contributed by atoms with van der Waals surface area (Å²) in [4.78, 5) is 19.2. The topological polar surface area (TPSA) is 78.0 Å². The van der Waals surface area contributed by atoms with Crippen molar-refractivity contribution in [2.45, 2.75) is 5.92 Å². The highest BCUT2D eigenvalue weighted by Gasteiger charge is 2.26. The first-order valence-electron chi connectivity index (χ1n) is 6.43. The third-order valence-electron chi connectivity index (χ3n) is 3.32. The molecule has 0 radical (unpaired) electrons. The molecule has 0 aliphatic rings. The average Bonchev–Trinajstić information content (AvgIpc) is 2.91. The molecule has 0 bridgehead atoms. The molecule has 22 heavy (non-hydrogen) atoms. The number of aromatic nitrogens is 2. The number of benzene rings is 2. The van der Waals surface area contributed by atoms with E-state index in [0.29, 0.717) is 16.6 Å². The molecule has 0 fully saturated rings. The lowest BCUT2D eigenvalue weighted by Crippen LogP contribution is -2.27. The van der Waals surface area contributed by atoms with Gasteiger partial charge in [-0.05, 0) is 11.6 Å². The van der Waals surface area contributed by atoms with E-state index < -0.39 is 17.6 Å². The number of imidazole rings is 1. The highest BCUT2D eigenvalue weighted by Crippen LogP contribution is 2.27. The maximum Gasteiger partial charge on any atom is 0.258 e. The fourth-order valence-electron chi connectivity index (χ4n) is 2.30. The molecule has 2 aromatic carbocycles. The van der Waals surface area contributed by atoms with Crippen LogP contribution in [0.2, 0.25) is 5.02 Å². The number of H-pyrrole nitrogens is 1. The molecule has 1 heterocycles. The quantitative estimate of drug-likeness (QED) is 0.513. The maximum absolute atomic E-state index is 13.5. The van der Waals surface area contributed by atoms with Crippen molar-refractivity contribution in [2.24, 2.45) is 0 Å². The number of amides is 1. The Balaban J connectivity index is 2.14. The van der Waals surface area contributed by atoms with Crippen LogP contribution in [0.1, 0.15) is 17.3 Å². The Hall–Kier alpha value is -2.44. The van der Waals surface area contributed by atoms with Gasteiger partial charge >= 0.3 is 0 Å². The number of carbonyl (C=O) groups excluding carboxylic acids is 1. The first-order valence-corrected chi connectivity index (χ1v) is 6.81. The van der Waals surface area contributed by atoms with Crippen LogP contribution in [0.4, 0.5) is 4.39 Å². The van der Waals surface area contributed by atoms with Crippen molar-refractivity contribution < 1.29 is 14.4 Å². The largest absolute Gasteiger partial charge is 0.341 e. The van der Waals surface area contributed by atoms with E-state index >= 15 is 0 Å². The number of hydrogen-bond acceptors (Lipinski definition) is 3. The number of hydroxylamine groups is 1. The SMILES string of the molecule is O=C(NO)C(c1ccccc1)c1nc2cc(Cl)c(F)cc2[nH]1. The molecule has 112 valence electrons. The predicted octanol–water partition coefficient (Wildman–Crippen LogP) is 2.99. The second-order valence-electron chi connectivity index (χ2n) is 4.73. The van der Waals surface area contributed by atoms with Crippen LogP contribution in [0, 0.1) is 5.82 Å². The van der Waals surface area contributed by atoms with E-state index in [-0.39, 0.29) is 10.8 Å². The zero-order valence-electron chi connectivity index (χ0n) is 11.2. The molecule has 1 amide bonds. The van der Waals surface area contributed by atoms with Crippen molar-refractivity contribution in [3.05, 3.63) is 64.7 Å². The molecule has 0 saturated heterocycles. The summed E-state index contributed by atoms with van der Waals surface area (Å²) in [7, 11) is 0. The molecule has 3 N–H and O–H groups in total. The van der Waals surface area contributed by atoms with Crippen LogP contribution in [-0.4, -0.2) is 21.1 Å². The summed E-state index contributed by atoms with van der Waals surface area (Å²) in [5, 5.41) is 8.92. The van der Waals surface area contributed by atoms with E-state index in [4.69, 9.17) is 16.8 Å². The zero-order valence-corrected chi connectivity index (χ0v) is 11.9. The van der Waals surface area contributed by atoms with Gasteiger partial charge in [-0.15, -0.1) is 0 Å². The highest BCUT2D eigenvalue weighted by molar-refractivity contribution is 6.31. The van der Waals surface area contributed by atoms with E-state index in [2.05, 4.69) is 9.97 Å². The van der Waals surface area contributed by atoms with Crippen molar-refractivity contribution in [3.8, 4) is 0 Å². The van der Waals surface area contributed by atoms with Crippen molar-refractivity contribution in [1.82, 2.24) is 15.4 Å². The molecular weight excluding hydrogens is 309 g/mol. The summed E-state index contributed by atoms with van der Waals surface area (Å²) < 4.78 is 13.5. The number of fused-ring (bicyclic) bond motifs is 1. The van der Waals surface area contributed by atoms with E-state index in [0.717, 1.165) is 0 Å². The number of nitrogens with zero attached hydrogens (tertiary/aromatic N) is 1. The van der Waals surface area contributed by atoms with Gasteiger partial charge in [0.1, 0.15) is 17.6 Å². The number of nitrogens with one attached hydrogen (secondary N) is 2. The average molecular weight is 320 g/mol. The second-order valence-corrected chi connectivity index (χ2v) is 5.13. The van der Waals surface area contributed by atoms with Crippen molar-refractivity contribution in [2.75, 3.05) is 0 Å². The summed E-state index contributed by atoms with van der Waals surface area (Å²) in [6.07, 6.45) is 0. The Morgan fingerprint density at radius 3 is 2.73 bits per heavy atom. The minimum Gasteiger partial charge on any atom is -0.341 e. The maximum atomic E-state index is 13.5. The Bertz CT molecular complexity index is 796. The standard InChI is InChI=1S/C15H11ClFN3O2/c16-9-6-11-12(7-10(9)17)19-14(18-11)13(15(21)20-22)8-4-2-1-3-5-8/h1-7,13,22H,(H,18,19)(H,20,21). The molecule has 3 aromatic rings. The lowest BCUT2D eigenvalue weighted by molar-refractivity contribution is -0.129. The lowest BCUT2D eigenvalue weighted by atomic mass is 9.98. The summed E-state index contributed by atoms with van der Waals surface area (Å²) in [6, 6.07) is 11.4. The summed E-state index contributed by atoms with van der Waals surface area (Å²) in [5.41, 5.74) is 3.13. The van der Waals surface area contributed by atoms with Crippen LogP contribution < -0.4 is 5.48 Å². The predicted molar refractivity (Wildman–Crippen MR) is 79.3 cm³/mol. The third kappa shape index (κ3) is 2.54. The van der Waals surface area contributed by atoms with Crippen LogP contribution >= 0.6 is 11.6 Å². The van der Waals surface area contributed by atoms with Gasteiger partial charge in [0.2, 0.25) is 0 Å². The first-order chi connectivity index (χ1) is 10.6. The highest BCUT2D eigenvalue weighted by atomic mass is 35.5. The van der Waals surface area contributed by atoms with E-state index in [1.54, 1.807) is 29.7 Å². The van der Waals surface area contributed by atoms with Gasteiger partial charge in [-0.2, -0.15) is 0 Å². The number of halogens is 2. The van der Waals surface area contributed by atoms with Gasteiger partial charge in [-0.3, -0.25) is 10.0 Å². The van der Waals surface area contributed by atoms with Gasteiger partial charge < -0.3 is 4.98 Å². The molecule has 1 aromatic heterocycles. The van der Waals surface area contributed by atoms with Crippen LogP contribution in [-0.2, 0) is 4.79 Å². The molecule has 3 rings (SSSR count). The third-order valence-corrected chi connectivity index (χ3v) is 3.61. The molecule has 0 saturated carbocycles. The van der Waals surface area contributed by atoms with Crippen molar-refractivity contribution in [3.63, 3.8) is 0 Å². The van der Waals surface area contributed by atoms with Gasteiger partial charge in [0.25, 0.3) is 5.91 Å². The molecule has 7 heteroatoms. The van der Waals surface area contributed by atoms with Gasteiger partial charge in [0, 0.05) is 6.07 Å². The molecule has 0 aliphatic carbocycles. The van der Waals surface area contributed by atoms with Crippen LogP contribution in [0.3, 0.4) is 0 Å². The Morgan fingerprint density at radius 2 is 2.05 bits per heavy atom. The van der Waals surface area contributed by atoms with Crippen LogP contribution in [0.15, 0.2) is 42.5 Å². The number of aromatic amines is 1. The first kappa shape index (κ1) is 14.5. The molecule has 1 unspecified atom stereocenters. The molecule has 0 aliphatic heterocycles. The van der Waals surface area contributed by atoms with Crippen LogP contribution in [0.25, 0.3) is 11.0 Å². The van der Waals surface area contributed by atoms with Crippen molar-refractivity contribution >= 4 is 28.5 Å². The molecule has 1 atom stereocenters. The summed E-state index contributed by atoms with van der Waals surface area (Å²) >= 11 is 5.74. The fraction of sp³-hybridized carbons (Fsp3) is 0.0667. The Kier molecular flexibility index (Phi) is 3.79. The second kappa shape index (κ2) is 5.75. The summed E-state index contributed by atoms with van der Waals surface area (Å²) in [6.45, 7) is 0. The van der Waals surface area contributed by atoms with Gasteiger partial charge in [-0.25, -0.2) is 14.9 Å². The molecular formula is C15H11ClFN3O2. The van der Waals surface area contributed by atoms with Crippen molar-refractivity contribution in [1.29, 1.82) is 0 Å². The minimum absolute atomic E-state index is 0.0478. The monoisotopic (exact) mass is 319 g/mol. The number of carbonyl (C=O) groups is 1. The zero-order chi connectivity index (χ0) is 15.7. The fourth-order valence-corrected chi connectivity index (χ4v) is 2.46. The van der Waals surface area contributed by atoms with E-state index in [1.807, 2.05) is 6.07 Å². The van der Waals surface area contributed by atoms with Gasteiger partial charge in [0.05, 0.1) is 16.1 Å². The van der Waals surface area contributed by atoms with Crippen LogP contribution in [0.5, 0.6) is 0 Å². The Morgan fingerprint density at radius 1 is 1.32 bits per heavy atom. The number of rotatable bonds is 3. The molecule has 0 spiro atoms. The van der Waals surface area contributed by atoms with Gasteiger partial charge in [0.15, 0.2) is 0 Å². The lowest BCUT2D eigenvalue weighted by Gasteiger charge is -2.12. The van der Waals surface area contributed by atoms with E-state index in [1.165, 1.54) is 12.1 Å². The van der Waals surface area contributed by atoms with E-state index in [9.17, 15) is 9.18 Å². The normalized spacial score (nSPS) is 12.3. The Labute approximate surface area is 129 Å². The minimum atomic E-state index is -0.847.